The smallest absolute Gasteiger partial charge is 0.318 e. The van der Waals surface area contributed by atoms with Gasteiger partial charge in [0.05, 0.1) is 10.6 Å². The molecule has 1 heterocycles. The van der Waals surface area contributed by atoms with Gasteiger partial charge in [0.1, 0.15) is 6.54 Å². The first kappa shape index (κ1) is 17.7. The number of amides is 5. The number of hydrogen-bond acceptors (Lipinski definition) is 4. The van der Waals surface area contributed by atoms with Gasteiger partial charge in [-0.25, -0.2) is 4.79 Å². The fourth-order valence-corrected chi connectivity index (χ4v) is 2.41. The van der Waals surface area contributed by atoms with Crippen LogP contribution in [0.4, 0.5) is 4.79 Å². The monoisotopic (exact) mass is 352 g/mol. The van der Waals surface area contributed by atoms with Gasteiger partial charge in [-0.2, -0.15) is 0 Å². The summed E-state index contributed by atoms with van der Waals surface area (Å²) in [6.45, 7) is 0.215. The summed E-state index contributed by atoms with van der Waals surface area (Å²) in [4.78, 5) is 49.2. The van der Waals surface area contributed by atoms with Crippen molar-refractivity contribution in [2.75, 3.05) is 20.1 Å². The number of hydrazine groups is 1. The van der Waals surface area contributed by atoms with Crippen LogP contribution in [-0.4, -0.2) is 53.7 Å². The van der Waals surface area contributed by atoms with Gasteiger partial charge in [-0.3, -0.25) is 30.1 Å². The van der Waals surface area contributed by atoms with Crippen LogP contribution in [0.15, 0.2) is 24.3 Å². The number of benzene rings is 1. The molecule has 0 radical (unpaired) electrons. The van der Waals surface area contributed by atoms with Crippen molar-refractivity contribution in [3.05, 3.63) is 34.9 Å². The van der Waals surface area contributed by atoms with Crippen LogP contribution in [0, 0.1) is 0 Å². The Labute approximate surface area is 143 Å². The maximum atomic E-state index is 11.9. The van der Waals surface area contributed by atoms with Crippen LogP contribution in [0.2, 0.25) is 5.02 Å². The lowest BCUT2D eigenvalue weighted by molar-refractivity contribution is -0.126. The number of urea groups is 1. The standard InChI is InChI=1S/C15H17ClN4O4/c1-19-9-13(22)20(15(19)24)8-4-7-12(21)17-18-14(23)10-5-2-3-6-11(10)16/h2-3,5-6H,4,7-9H2,1H3,(H,17,21)(H,18,23). The van der Waals surface area contributed by atoms with Gasteiger partial charge in [0.2, 0.25) is 11.8 Å². The second-order valence-corrected chi connectivity index (χ2v) is 5.68. The van der Waals surface area contributed by atoms with Crippen molar-refractivity contribution in [1.29, 1.82) is 0 Å². The Kier molecular flexibility index (Phi) is 5.75. The van der Waals surface area contributed by atoms with Gasteiger partial charge in [0, 0.05) is 20.0 Å². The van der Waals surface area contributed by atoms with E-state index in [2.05, 4.69) is 10.9 Å². The lowest BCUT2D eigenvalue weighted by atomic mass is 10.2. The highest BCUT2D eigenvalue weighted by Crippen LogP contribution is 2.14. The SMILES string of the molecule is CN1CC(=O)N(CCCC(=O)NNC(=O)c2ccccc2Cl)C1=O. The van der Waals surface area contributed by atoms with E-state index in [0.717, 1.165) is 4.90 Å². The second kappa shape index (κ2) is 7.78. The van der Waals surface area contributed by atoms with E-state index in [4.69, 9.17) is 11.6 Å². The van der Waals surface area contributed by atoms with Gasteiger partial charge in [-0.05, 0) is 18.6 Å². The molecule has 1 aromatic carbocycles. The van der Waals surface area contributed by atoms with Crippen LogP contribution in [0.5, 0.6) is 0 Å². The van der Waals surface area contributed by atoms with E-state index in [0.29, 0.717) is 6.42 Å². The first-order valence-electron chi connectivity index (χ1n) is 7.29. The summed E-state index contributed by atoms with van der Waals surface area (Å²) in [6, 6.07) is 6.08. The number of carbonyl (C=O) groups is 4. The average Bonchev–Trinajstić information content (AvgIpc) is 2.79. The van der Waals surface area contributed by atoms with Gasteiger partial charge in [0.15, 0.2) is 0 Å². The van der Waals surface area contributed by atoms with E-state index in [1.165, 1.54) is 18.0 Å². The quantitative estimate of drug-likeness (QED) is 0.604. The molecule has 0 aromatic heterocycles. The zero-order valence-electron chi connectivity index (χ0n) is 13.0. The number of nitrogens with zero attached hydrogens (tertiary/aromatic N) is 2. The van der Waals surface area contributed by atoms with Crippen LogP contribution in [0.25, 0.3) is 0 Å². The highest BCUT2D eigenvalue weighted by atomic mass is 35.5. The zero-order valence-corrected chi connectivity index (χ0v) is 13.8. The average molecular weight is 353 g/mol. The number of imide groups is 1. The van der Waals surface area contributed by atoms with E-state index in [9.17, 15) is 19.2 Å². The van der Waals surface area contributed by atoms with Gasteiger partial charge in [0.25, 0.3) is 5.91 Å². The van der Waals surface area contributed by atoms with Crippen molar-refractivity contribution in [2.45, 2.75) is 12.8 Å². The van der Waals surface area contributed by atoms with Crippen molar-refractivity contribution in [1.82, 2.24) is 20.7 Å². The third-order valence-electron chi connectivity index (χ3n) is 3.45. The molecule has 1 aromatic rings. The summed E-state index contributed by atoms with van der Waals surface area (Å²) >= 11 is 5.88. The first-order chi connectivity index (χ1) is 11.4. The third kappa shape index (κ3) is 4.23. The van der Waals surface area contributed by atoms with E-state index < -0.39 is 11.8 Å². The highest BCUT2D eigenvalue weighted by molar-refractivity contribution is 6.33. The number of carbonyl (C=O) groups excluding carboxylic acids is 4. The van der Waals surface area contributed by atoms with Crippen molar-refractivity contribution in [2.24, 2.45) is 0 Å². The summed E-state index contributed by atoms with van der Waals surface area (Å²) in [5, 5.41) is 0.277. The fourth-order valence-electron chi connectivity index (χ4n) is 2.19. The fraction of sp³-hybridized carbons (Fsp3) is 0.333. The Bertz CT molecular complexity index is 679. The van der Waals surface area contributed by atoms with E-state index >= 15 is 0 Å². The molecule has 2 rings (SSSR count). The number of likely N-dealkylation sites (N-methyl/N-ethyl adjacent to an activating group) is 1. The molecule has 9 heteroatoms. The number of halogens is 1. The topological polar surface area (TPSA) is 98.8 Å². The molecule has 0 saturated carbocycles. The Morgan fingerprint density at radius 1 is 1.21 bits per heavy atom. The molecule has 1 aliphatic heterocycles. The van der Waals surface area contributed by atoms with Gasteiger partial charge >= 0.3 is 6.03 Å². The van der Waals surface area contributed by atoms with Crippen LogP contribution >= 0.6 is 11.6 Å². The maximum absolute atomic E-state index is 11.9. The molecule has 0 atom stereocenters. The van der Waals surface area contributed by atoms with Crippen molar-refractivity contribution in [3.8, 4) is 0 Å². The summed E-state index contributed by atoms with van der Waals surface area (Å²) in [5.41, 5.74) is 4.78. The Morgan fingerprint density at radius 3 is 2.54 bits per heavy atom. The van der Waals surface area contributed by atoms with Crippen LogP contribution in [0.1, 0.15) is 23.2 Å². The molecular formula is C15H17ClN4O4. The predicted octanol–water partition coefficient (Wildman–Crippen LogP) is 0.775. The minimum atomic E-state index is -0.527. The first-order valence-corrected chi connectivity index (χ1v) is 7.67. The molecule has 5 amide bonds. The zero-order chi connectivity index (χ0) is 17.7. The molecule has 1 aliphatic rings. The van der Waals surface area contributed by atoms with Gasteiger partial charge in [-0.1, -0.05) is 23.7 Å². The molecule has 8 nitrogen and oxygen atoms in total. The molecule has 1 saturated heterocycles. The lowest BCUT2D eigenvalue weighted by Gasteiger charge is -2.13. The molecule has 2 N–H and O–H groups in total. The molecular weight excluding hydrogens is 336 g/mol. The summed E-state index contributed by atoms with van der Waals surface area (Å²) < 4.78 is 0. The Morgan fingerprint density at radius 2 is 1.92 bits per heavy atom. The second-order valence-electron chi connectivity index (χ2n) is 5.27. The number of nitrogens with one attached hydrogen (secondary N) is 2. The lowest BCUT2D eigenvalue weighted by Crippen LogP contribution is -2.42. The van der Waals surface area contributed by atoms with Crippen molar-refractivity contribution in [3.63, 3.8) is 0 Å². The Balaban J connectivity index is 1.72. The molecule has 1 fully saturated rings. The van der Waals surface area contributed by atoms with E-state index in [-0.39, 0.29) is 42.0 Å². The highest BCUT2D eigenvalue weighted by Gasteiger charge is 2.32. The van der Waals surface area contributed by atoms with E-state index in [1.807, 2.05) is 0 Å². The minimum absolute atomic E-state index is 0.0545. The molecule has 24 heavy (non-hydrogen) atoms. The normalized spacial score (nSPS) is 14.1. The molecule has 0 spiro atoms. The maximum Gasteiger partial charge on any atom is 0.326 e. The van der Waals surface area contributed by atoms with E-state index in [1.54, 1.807) is 18.2 Å². The molecule has 128 valence electrons. The van der Waals surface area contributed by atoms with Gasteiger partial charge < -0.3 is 4.90 Å². The molecule has 0 aliphatic carbocycles. The predicted molar refractivity (Wildman–Crippen MR) is 86.0 cm³/mol. The summed E-state index contributed by atoms with van der Waals surface area (Å²) in [7, 11) is 1.54. The largest absolute Gasteiger partial charge is 0.326 e. The van der Waals surface area contributed by atoms with Crippen LogP contribution in [0.3, 0.4) is 0 Å². The minimum Gasteiger partial charge on any atom is -0.318 e. The third-order valence-corrected chi connectivity index (χ3v) is 3.78. The summed E-state index contributed by atoms with van der Waals surface area (Å²) in [5.74, 6) is -1.24. The van der Waals surface area contributed by atoms with Gasteiger partial charge in [-0.15, -0.1) is 0 Å². The van der Waals surface area contributed by atoms with Crippen LogP contribution < -0.4 is 10.9 Å². The Hall–Kier alpha value is -2.61. The molecule has 0 unspecified atom stereocenters. The van der Waals surface area contributed by atoms with Crippen molar-refractivity contribution < 1.29 is 19.2 Å². The van der Waals surface area contributed by atoms with Crippen LogP contribution in [-0.2, 0) is 9.59 Å². The molecule has 0 bridgehead atoms. The summed E-state index contributed by atoms with van der Waals surface area (Å²) in [6.07, 6.45) is 0.364. The number of hydrogen-bond donors (Lipinski definition) is 2. The van der Waals surface area contributed by atoms with Crippen molar-refractivity contribution >= 4 is 35.4 Å². The number of rotatable bonds is 5.